The Hall–Kier alpha value is -5.98. The lowest BCUT2D eigenvalue weighted by Crippen LogP contribution is -2.38. The van der Waals surface area contributed by atoms with Crippen LogP contribution in [0.4, 0.5) is 0 Å². The van der Waals surface area contributed by atoms with Crippen molar-refractivity contribution in [1.29, 1.82) is 0 Å². The van der Waals surface area contributed by atoms with Crippen LogP contribution in [0.2, 0.25) is 0 Å². The number of rotatable bonds is 8. The van der Waals surface area contributed by atoms with Gasteiger partial charge in [0.25, 0.3) is 0 Å². The third-order valence-electron chi connectivity index (χ3n) is 10.6. The van der Waals surface area contributed by atoms with E-state index in [-0.39, 0.29) is 58.6 Å². The molecule has 0 saturated heterocycles. The topological polar surface area (TPSA) is 194 Å². The third-order valence-corrected chi connectivity index (χ3v) is 10.6. The first kappa shape index (κ1) is 34.1. The van der Waals surface area contributed by atoms with Gasteiger partial charge < -0.3 is 38.7 Å². The number of benzene rings is 3. The first-order chi connectivity index (χ1) is 25.6. The lowest BCUT2D eigenvalue weighted by Gasteiger charge is -2.35. The van der Waals surface area contributed by atoms with E-state index in [4.69, 9.17) is 18.3 Å². The Bertz CT molecular complexity index is 2420. The second-order valence-electron chi connectivity index (χ2n) is 13.6. The zero-order chi connectivity index (χ0) is 37.0. The molecule has 0 fully saturated rings. The molecule has 270 valence electrons. The number of para-hydroxylation sites is 3. The van der Waals surface area contributed by atoms with Crippen molar-refractivity contribution in [3.63, 3.8) is 0 Å². The van der Waals surface area contributed by atoms with Crippen LogP contribution in [-0.4, -0.2) is 32.4 Å². The maximum atomic E-state index is 13.7. The molecule has 0 bridgehead atoms. The smallest absolute Gasteiger partial charge is 0.343 e. The number of ether oxygens (including phenoxy) is 2. The Morgan fingerprint density at radius 3 is 1.81 bits per heavy atom. The zero-order valence-electron chi connectivity index (χ0n) is 28.1. The molecule has 5 aromatic rings. The maximum absolute atomic E-state index is 13.7. The van der Waals surface area contributed by atoms with E-state index in [1.54, 1.807) is 60.7 Å². The molecule has 2 aliphatic heterocycles. The van der Waals surface area contributed by atoms with Gasteiger partial charge in [0.2, 0.25) is 0 Å². The minimum atomic E-state index is -1.45. The van der Waals surface area contributed by atoms with Crippen LogP contribution in [0.25, 0.3) is 17.0 Å². The number of esters is 2. The van der Waals surface area contributed by atoms with E-state index in [1.807, 2.05) is 6.08 Å². The molecule has 4 N–H and O–H groups in total. The number of aliphatic hydroxyl groups excluding tert-OH is 2. The SMILES string of the molecule is O=C1Oc2ccccc2C(O)C1C(CCCC(c1c(O)c2ccccc2oc1=O)C1C(=O)Oc2ccccc2C1O)c1c(O)c2c(oc1=O)CCC=C2. The van der Waals surface area contributed by atoms with Crippen molar-refractivity contribution in [2.45, 2.75) is 56.1 Å². The molecule has 3 aromatic carbocycles. The number of aliphatic hydroxyl groups is 2. The third kappa shape index (κ3) is 5.80. The van der Waals surface area contributed by atoms with Crippen LogP contribution in [0.15, 0.2) is 97.3 Å². The molecule has 2 aromatic heterocycles. The summed E-state index contributed by atoms with van der Waals surface area (Å²) in [5.74, 6) is -7.03. The Morgan fingerprint density at radius 1 is 0.660 bits per heavy atom. The van der Waals surface area contributed by atoms with E-state index in [1.165, 1.54) is 18.2 Å². The van der Waals surface area contributed by atoms with Gasteiger partial charge in [-0.25, -0.2) is 9.59 Å². The molecule has 53 heavy (non-hydrogen) atoms. The second kappa shape index (κ2) is 13.5. The highest BCUT2D eigenvalue weighted by atomic mass is 16.5. The molecule has 6 atom stereocenters. The van der Waals surface area contributed by atoms with Crippen LogP contribution in [0, 0.1) is 11.8 Å². The predicted molar refractivity (Wildman–Crippen MR) is 189 cm³/mol. The van der Waals surface area contributed by atoms with E-state index >= 15 is 0 Å². The van der Waals surface area contributed by atoms with E-state index in [0.717, 1.165) is 0 Å². The number of hydrogen-bond donors (Lipinski definition) is 4. The lowest BCUT2D eigenvalue weighted by molar-refractivity contribution is -0.147. The molecule has 6 unspecified atom stereocenters. The van der Waals surface area contributed by atoms with Gasteiger partial charge in [-0.15, -0.1) is 0 Å². The summed E-state index contributed by atoms with van der Waals surface area (Å²) < 4.78 is 22.5. The van der Waals surface area contributed by atoms with Crippen molar-refractivity contribution >= 4 is 29.0 Å². The highest BCUT2D eigenvalue weighted by Crippen LogP contribution is 2.50. The number of allylic oxidation sites excluding steroid dienone is 1. The number of aromatic hydroxyl groups is 2. The minimum absolute atomic E-state index is 0.0309. The molecule has 1 aliphatic carbocycles. The fourth-order valence-corrected chi connectivity index (χ4v) is 8.14. The van der Waals surface area contributed by atoms with Crippen LogP contribution in [0.3, 0.4) is 0 Å². The first-order valence-corrected chi connectivity index (χ1v) is 17.4. The normalized spacial score (nSPS) is 21.5. The molecule has 8 rings (SSSR count). The van der Waals surface area contributed by atoms with Crippen LogP contribution in [0.1, 0.15) is 83.3 Å². The van der Waals surface area contributed by atoms with Crippen molar-refractivity contribution in [2.24, 2.45) is 11.8 Å². The molecule has 0 saturated carbocycles. The summed E-state index contributed by atoms with van der Waals surface area (Å²) in [6.45, 7) is 0. The van der Waals surface area contributed by atoms with Crippen LogP contribution in [-0.2, 0) is 16.0 Å². The summed E-state index contributed by atoms with van der Waals surface area (Å²) in [5, 5.41) is 46.7. The van der Waals surface area contributed by atoms with Gasteiger partial charge >= 0.3 is 23.2 Å². The Labute approximate surface area is 301 Å². The molecule has 0 amide bonds. The quantitative estimate of drug-likeness (QED) is 0.0871. The predicted octanol–water partition coefficient (Wildman–Crippen LogP) is 5.69. The standard InChI is InChI=1S/C41H34O12/c42-34-20-10-1-5-16-26(20)50-38(46)30(34)24(31-35(43)21-11-2-6-17-27(21)51-39(31)47)14-9-15-25(32-36(44)22-12-3-7-18-28(22)52-40(32)48)33-37(45)23-13-4-8-19-29(23)53-41(33)49/h1-7,10-13,16-18,24-25,30,32,34,36,42-45H,8-9,14-15,19H2. The summed E-state index contributed by atoms with van der Waals surface area (Å²) in [5.41, 5.74) is -1.27. The molecular formula is C41H34O12. The zero-order valence-corrected chi connectivity index (χ0v) is 28.1. The fourth-order valence-electron chi connectivity index (χ4n) is 8.14. The van der Waals surface area contributed by atoms with Crippen LogP contribution in [0.5, 0.6) is 23.0 Å². The Morgan fingerprint density at radius 2 is 1.19 bits per heavy atom. The average Bonchev–Trinajstić information content (AvgIpc) is 3.14. The van der Waals surface area contributed by atoms with Gasteiger partial charge in [0.05, 0.1) is 46.1 Å². The molecule has 12 heteroatoms. The summed E-state index contributed by atoms with van der Waals surface area (Å²) in [4.78, 5) is 54.7. The van der Waals surface area contributed by atoms with E-state index in [9.17, 15) is 39.6 Å². The first-order valence-electron chi connectivity index (χ1n) is 17.4. The number of fused-ring (bicyclic) bond motifs is 4. The van der Waals surface area contributed by atoms with E-state index in [2.05, 4.69) is 0 Å². The largest absolute Gasteiger partial charge is 0.507 e. The van der Waals surface area contributed by atoms with Crippen molar-refractivity contribution in [2.75, 3.05) is 0 Å². The maximum Gasteiger partial charge on any atom is 0.343 e. The van der Waals surface area contributed by atoms with Gasteiger partial charge in [0.1, 0.15) is 34.3 Å². The van der Waals surface area contributed by atoms with Gasteiger partial charge in [-0.3, -0.25) is 9.59 Å². The minimum Gasteiger partial charge on any atom is -0.507 e. The van der Waals surface area contributed by atoms with Crippen molar-refractivity contribution in [1.82, 2.24) is 0 Å². The monoisotopic (exact) mass is 718 g/mol. The summed E-state index contributed by atoms with van der Waals surface area (Å²) in [7, 11) is 0. The fraction of sp³-hybridized carbons (Fsp3) is 0.268. The van der Waals surface area contributed by atoms with E-state index < -0.39 is 64.8 Å². The van der Waals surface area contributed by atoms with Gasteiger partial charge in [-0.1, -0.05) is 67.1 Å². The summed E-state index contributed by atoms with van der Waals surface area (Å²) in [6.07, 6.45) is 1.40. The number of hydrogen-bond acceptors (Lipinski definition) is 12. The molecule has 12 nitrogen and oxygen atoms in total. The molecule has 3 aliphatic rings. The van der Waals surface area contributed by atoms with Crippen molar-refractivity contribution < 1.29 is 48.3 Å². The molecule has 4 heterocycles. The highest BCUT2D eigenvalue weighted by molar-refractivity contribution is 5.85. The van der Waals surface area contributed by atoms with Gasteiger partial charge in [-0.05, 0) is 43.5 Å². The summed E-state index contributed by atoms with van der Waals surface area (Å²) in [6, 6.07) is 19.2. The molecule has 0 spiro atoms. The second-order valence-corrected chi connectivity index (χ2v) is 13.6. The van der Waals surface area contributed by atoms with Crippen LogP contribution < -0.4 is 20.7 Å². The average molecular weight is 719 g/mol. The van der Waals surface area contributed by atoms with Crippen LogP contribution >= 0.6 is 0 Å². The Balaban J connectivity index is 1.22. The number of aryl methyl sites for hydroxylation is 1. The number of carbonyl (C=O) groups is 2. The van der Waals surface area contributed by atoms with Gasteiger partial charge in [0.15, 0.2) is 0 Å². The molecule has 0 radical (unpaired) electrons. The van der Waals surface area contributed by atoms with Gasteiger partial charge in [0, 0.05) is 29.4 Å². The van der Waals surface area contributed by atoms with Crippen molar-refractivity contribution in [3.8, 4) is 23.0 Å². The molecular weight excluding hydrogens is 684 g/mol. The van der Waals surface area contributed by atoms with Crippen molar-refractivity contribution in [3.05, 3.63) is 133 Å². The summed E-state index contributed by atoms with van der Waals surface area (Å²) >= 11 is 0. The Kier molecular flexibility index (Phi) is 8.71. The lowest BCUT2D eigenvalue weighted by atomic mass is 9.73. The van der Waals surface area contributed by atoms with E-state index in [0.29, 0.717) is 35.3 Å². The highest BCUT2D eigenvalue weighted by Gasteiger charge is 2.47. The number of carbonyl (C=O) groups excluding carboxylic acids is 2. The van der Waals surface area contributed by atoms with Gasteiger partial charge in [-0.2, -0.15) is 0 Å².